The summed E-state index contributed by atoms with van der Waals surface area (Å²) in [5.74, 6) is 0. The van der Waals surface area contributed by atoms with Crippen LogP contribution in [0.1, 0.15) is 17.4 Å². The number of benzene rings is 1. The maximum absolute atomic E-state index is 12.5. The van der Waals surface area contributed by atoms with Crippen molar-refractivity contribution < 1.29 is 16.8 Å². The van der Waals surface area contributed by atoms with Gasteiger partial charge in [0, 0.05) is 11.4 Å². The minimum absolute atomic E-state index is 0.250. The van der Waals surface area contributed by atoms with Crippen LogP contribution in [0.3, 0.4) is 0 Å². The van der Waals surface area contributed by atoms with Crippen LogP contribution in [0.15, 0.2) is 34.5 Å². The molecule has 0 bridgehead atoms. The topological polar surface area (TPSA) is 83.6 Å². The molecular formula is C15H18N2O4S3. The van der Waals surface area contributed by atoms with Crippen molar-refractivity contribution in [3.8, 4) is 0 Å². The van der Waals surface area contributed by atoms with Crippen molar-refractivity contribution in [3.63, 3.8) is 0 Å². The average Bonchev–Trinajstić information content (AvgIpc) is 3.12. The maximum Gasteiger partial charge on any atom is 0.271 e. The fraction of sp³-hybridized carbons (Fsp3) is 0.333. The number of nitrogens with zero attached hydrogens (tertiary/aromatic N) is 1. The van der Waals surface area contributed by atoms with Gasteiger partial charge in [0.2, 0.25) is 10.0 Å². The highest BCUT2D eigenvalue weighted by molar-refractivity contribution is 7.94. The standard InChI is InChI=1S/C15H18N2O4S3/c1-3-13-6-7-15(22-13)24(20,21)16-12-5-4-11-8-9-17(14(11)10-12)23(2,18)19/h4-7,10,16H,3,8-9H2,1-2H3. The Morgan fingerprint density at radius 3 is 2.54 bits per heavy atom. The molecule has 1 aliphatic rings. The number of rotatable bonds is 5. The van der Waals surface area contributed by atoms with E-state index in [0.717, 1.165) is 23.1 Å². The smallest absolute Gasteiger partial charge is 0.271 e. The van der Waals surface area contributed by atoms with E-state index in [0.29, 0.717) is 24.3 Å². The minimum Gasteiger partial charge on any atom is -0.279 e. The van der Waals surface area contributed by atoms with Gasteiger partial charge in [0.05, 0.1) is 17.6 Å². The lowest BCUT2D eigenvalue weighted by atomic mass is 10.1. The van der Waals surface area contributed by atoms with E-state index in [1.165, 1.54) is 15.6 Å². The van der Waals surface area contributed by atoms with Gasteiger partial charge in [-0.1, -0.05) is 13.0 Å². The third kappa shape index (κ3) is 3.28. The zero-order valence-corrected chi connectivity index (χ0v) is 15.8. The zero-order valence-electron chi connectivity index (χ0n) is 13.3. The van der Waals surface area contributed by atoms with Gasteiger partial charge in [-0.05, 0) is 42.7 Å². The molecule has 0 spiro atoms. The van der Waals surface area contributed by atoms with E-state index in [-0.39, 0.29) is 4.21 Å². The monoisotopic (exact) mass is 386 g/mol. The molecule has 1 aliphatic heterocycles. The van der Waals surface area contributed by atoms with Crippen molar-refractivity contribution in [1.29, 1.82) is 0 Å². The molecule has 0 fully saturated rings. The molecule has 0 radical (unpaired) electrons. The molecule has 0 amide bonds. The lowest BCUT2D eigenvalue weighted by molar-refractivity contribution is 0.598. The molecule has 0 atom stereocenters. The van der Waals surface area contributed by atoms with Crippen LogP contribution in [0.5, 0.6) is 0 Å². The van der Waals surface area contributed by atoms with Gasteiger partial charge in [-0.2, -0.15) is 0 Å². The first-order chi connectivity index (χ1) is 11.2. The Hall–Kier alpha value is -1.58. The van der Waals surface area contributed by atoms with Crippen LogP contribution in [-0.2, 0) is 32.9 Å². The van der Waals surface area contributed by atoms with Gasteiger partial charge in [0.1, 0.15) is 4.21 Å². The lowest BCUT2D eigenvalue weighted by Gasteiger charge is -2.17. The molecule has 130 valence electrons. The van der Waals surface area contributed by atoms with Crippen molar-refractivity contribution in [1.82, 2.24) is 0 Å². The zero-order chi connectivity index (χ0) is 17.5. The van der Waals surface area contributed by atoms with Crippen molar-refractivity contribution in [2.45, 2.75) is 24.0 Å². The van der Waals surface area contributed by atoms with Gasteiger partial charge >= 0.3 is 0 Å². The maximum atomic E-state index is 12.5. The Morgan fingerprint density at radius 1 is 1.17 bits per heavy atom. The van der Waals surface area contributed by atoms with Crippen molar-refractivity contribution in [3.05, 3.63) is 40.8 Å². The number of fused-ring (bicyclic) bond motifs is 1. The van der Waals surface area contributed by atoms with Gasteiger partial charge in [-0.3, -0.25) is 9.03 Å². The highest BCUT2D eigenvalue weighted by Gasteiger charge is 2.27. The van der Waals surface area contributed by atoms with Crippen LogP contribution in [0.2, 0.25) is 0 Å². The quantitative estimate of drug-likeness (QED) is 0.855. The molecule has 0 saturated carbocycles. The predicted molar refractivity (Wildman–Crippen MR) is 96.8 cm³/mol. The summed E-state index contributed by atoms with van der Waals surface area (Å²) in [5, 5.41) is 0. The third-order valence-electron chi connectivity index (χ3n) is 3.84. The highest BCUT2D eigenvalue weighted by atomic mass is 32.2. The van der Waals surface area contributed by atoms with Crippen molar-refractivity contribution in [2.24, 2.45) is 0 Å². The second-order valence-electron chi connectivity index (χ2n) is 5.61. The van der Waals surface area contributed by atoms with Crippen LogP contribution in [-0.4, -0.2) is 29.6 Å². The van der Waals surface area contributed by atoms with E-state index >= 15 is 0 Å². The van der Waals surface area contributed by atoms with Crippen LogP contribution < -0.4 is 9.03 Å². The Balaban J connectivity index is 1.92. The molecule has 1 aromatic carbocycles. The summed E-state index contributed by atoms with van der Waals surface area (Å²) < 4.78 is 52.7. The predicted octanol–water partition coefficient (Wildman–Crippen LogP) is 2.43. The van der Waals surface area contributed by atoms with Gasteiger partial charge < -0.3 is 0 Å². The molecule has 0 aliphatic carbocycles. The Kier molecular flexibility index (Phi) is 4.35. The van der Waals surface area contributed by atoms with E-state index in [2.05, 4.69) is 4.72 Å². The van der Waals surface area contributed by atoms with E-state index in [1.807, 2.05) is 6.92 Å². The van der Waals surface area contributed by atoms with Crippen molar-refractivity contribution in [2.75, 3.05) is 21.8 Å². The molecule has 2 aromatic rings. The molecule has 0 saturated heterocycles. The first-order valence-electron chi connectivity index (χ1n) is 7.43. The summed E-state index contributed by atoms with van der Waals surface area (Å²) >= 11 is 1.23. The number of thiophene rings is 1. The summed E-state index contributed by atoms with van der Waals surface area (Å²) in [4.78, 5) is 0.993. The van der Waals surface area contributed by atoms with E-state index < -0.39 is 20.0 Å². The van der Waals surface area contributed by atoms with E-state index in [9.17, 15) is 16.8 Å². The van der Waals surface area contributed by atoms with Crippen LogP contribution in [0.4, 0.5) is 11.4 Å². The van der Waals surface area contributed by atoms with Gasteiger partial charge in [0.25, 0.3) is 10.0 Å². The average molecular weight is 387 g/mol. The SMILES string of the molecule is CCc1ccc(S(=O)(=O)Nc2ccc3c(c2)N(S(C)(=O)=O)CC3)s1. The highest BCUT2D eigenvalue weighted by Crippen LogP contribution is 2.33. The number of anilines is 2. The second kappa shape index (κ2) is 6.05. The summed E-state index contributed by atoms with van der Waals surface area (Å²) in [7, 11) is -7.04. The van der Waals surface area contributed by atoms with Crippen molar-refractivity contribution >= 4 is 42.8 Å². The number of hydrogen-bond acceptors (Lipinski definition) is 5. The largest absolute Gasteiger partial charge is 0.279 e. The second-order valence-corrected chi connectivity index (χ2v) is 10.6. The lowest BCUT2D eigenvalue weighted by Crippen LogP contribution is -2.27. The van der Waals surface area contributed by atoms with Crippen LogP contribution in [0, 0.1) is 0 Å². The van der Waals surface area contributed by atoms with Gasteiger partial charge in [-0.15, -0.1) is 11.3 Å². The molecule has 2 heterocycles. The fourth-order valence-electron chi connectivity index (χ4n) is 2.66. The number of nitrogens with one attached hydrogen (secondary N) is 1. The van der Waals surface area contributed by atoms with E-state index in [4.69, 9.17) is 0 Å². The van der Waals surface area contributed by atoms with Gasteiger partial charge in [0.15, 0.2) is 0 Å². The third-order valence-corrected chi connectivity index (χ3v) is 8.12. The van der Waals surface area contributed by atoms with E-state index in [1.54, 1.807) is 30.3 Å². The van der Waals surface area contributed by atoms with Crippen LogP contribution >= 0.6 is 11.3 Å². The molecule has 0 unspecified atom stereocenters. The first-order valence-corrected chi connectivity index (χ1v) is 11.6. The molecule has 6 nitrogen and oxygen atoms in total. The number of aryl methyl sites for hydroxylation is 1. The summed E-state index contributed by atoms with van der Waals surface area (Å²) in [6.45, 7) is 2.35. The summed E-state index contributed by atoms with van der Waals surface area (Å²) in [6, 6.07) is 8.39. The Morgan fingerprint density at radius 2 is 1.92 bits per heavy atom. The Labute approximate surface area is 146 Å². The van der Waals surface area contributed by atoms with Gasteiger partial charge in [-0.25, -0.2) is 16.8 Å². The molecule has 3 rings (SSSR count). The molecule has 24 heavy (non-hydrogen) atoms. The number of hydrogen-bond donors (Lipinski definition) is 1. The fourth-order valence-corrected chi connectivity index (χ4v) is 5.95. The summed E-state index contributed by atoms with van der Waals surface area (Å²) in [6.07, 6.45) is 2.55. The number of sulfonamides is 2. The molecular weight excluding hydrogens is 368 g/mol. The minimum atomic E-state index is -3.67. The van der Waals surface area contributed by atoms with Crippen LogP contribution in [0.25, 0.3) is 0 Å². The normalized spacial score (nSPS) is 14.7. The molecule has 9 heteroatoms. The summed E-state index contributed by atoms with van der Waals surface area (Å²) in [5.41, 5.74) is 1.79. The molecule has 1 N–H and O–H groups in total. The Bertz CT molecular complexity index is 978. The molecule has 1 aromatic heterocycles. The first kappa shape index (κ1) is 17.2.